The summed E-state index contributed by atoms with van der Waals surface area (Å²) in [6, 6.07) is 4.07. The van der Waals surface area contributed by atoms with Gasteiger partial charge in [-0.25, -0.2) is 4.79 Å². The molecule has 0 radical (unpaired) electrons. The zero-order valence-corrected chi connectivity index (χ0v) is 20.8. The molecule has 2 amide bonds. The van der Waals surface area contributed by atoms with Crippen molar-refractivity contribution in [3.63, 3.8) is 0 Å². The van der Waals surface area contributed by atoms with Crippen LogP contribution in [0, 0.1) is 5.92 Å². The first-order valence-corrected chi connectivity index (χ1v) is 12.4. The summed E-state index contributed by atoms with van der Waals surface area (Å²) in [5, 5.41) is 7.39. The number of carbonyl (C=O) groups excluding carboxylic acids is 4. The molecule has 1 unspecified atom stereocenters. The first-order chi connectivity index (χ1) is 17.5. The second-order valence-electron chi connectivity index (χ2n) is 9.14. The van der Waals surface area contributed by atoms with E-state index in [0.29, 0.717) is 44.3 Å². The van der Waals surface area contributed by atoms with Gasteiger partial charge in [-0.2, -0.15) is 13.2 Å². The van der Waals surface area contributed by atoms with Crippen molar-refractivity contribution in [3.8, 4) is 0 Å². The number of halogens is 3. The zero-order valence-electron chi connectivity index (χ0n) is 20.8. The van der Waals surface area contributed by atoms with E-state index in [1.165, 1.54) is 0 Å². The second kappa shape index (κ2) is 14.7. The molecular weight excluding hydrogens is 493 g/mol. The minimum atomic E-state index is -4.79. The Morgan fingerprint density at radius 2 is 1.68 bits per heavy atom. The number of nitrogens with one attached hydrogen (secondary N) is 3. The summed E-state index contributed by atoms with van der Waals surface area (Å²) in [6.45, 7) is 3.01. The fraction of sp³-hybridized carbons (Fsp3) is 0.600. The van der Waals surface area contributed by atoms with Crippen LogP contribution in [0.25, 0.3) is 0 Å². The van der Waals surface area contributed by atoms with Crippen molar-refractivity contribution in [3.05, 3.63) is 35.9 Å². The molecule has 1 aliphatic heterocycles. The van der Waals surface area contributed by atoms with Crippen LogP contribution in [0.3, 0.4) is 0 Å². The van der Waals surface area contributed by atoms with Gasteiger partial charge in [-0.3, -0.25) is 14.4 Å². The Labute approximate surface area is 214 Å². The van der Waals surface area contributed by atoms with E-state index < -0.39 is 60.4 Å². The lowest BCUT2D eigenvalue weighted by Crippen LogP contribution is -2.56. The maximum atomic E-state index is 13.2. The smallest absolute Gasteiger partial charge is 0.391 e. The van der Waals surface area contributed by atoms with E-state index in [2.05, 4.69) is 16.0 Å². The lowest BCUT2D eigenvalue weighted by Gasteiger charge is -2.25. The topological polar surface area (TPSA) is 140 Å². The Kier molecular flexibility index (Phi) is 12.0. The minimum Gasteiger partial charge on any atom is -0.391 e. The number of benzene rings is 1. The highest BCUT2D eigenvalue weighted by molar-refractivity contribution is 5.94. The third-order valence-corrected chi connectivity index (χ3v) is 6.02. The number of amides is 2. The van der Waals surface area contributed by atoms with Gasteiger partial charge in [0.05, 0.1) is 18.4 Å². The molecule has 3 atom stereocenters. The van der Waals surface area contributed by atoms with Crippen molar-refractivity contribution in [2.24, 2.45) is 11.7 Å². The fourth-order valence-corrected chi connectivity index (χ4v) is 3.92. The normalized spacial score (nSPS) is 16.8. The van der Waals surface area contributed by atoms with Crippen LogP contribution >= 0.6 is 0 Å². The largest absolute Gasteiger partial charge is 0.391 e. The number of carbonyl (C=O) groups is 4. The highest BCUT2D eigenvalue weighted by Gasteiger charge is 2.38. The van der Waals surface area contributed by atoms with Gasteiger partial charge < -0.3 is 26.4 Å². The van der Waals surface area contributed by atoms with Crippen LogP contribution in [-0.2, 0) is 30.3 Å². The van der Waals surface area contributed by atoms with Gasteiger partial charge >= 0.3 is 18.1 Å². The molecule has 2 rings (SSSR count). The first kappa shape index (κ1) is 30.2. The monoisotopic (exact) mass is 528 g/mol. The zero-order chi connectivity index (χ0) is 27.4. The van der Waals surface area contributed by atoms with Crippen LogP contribution in [0.15, 0.2) is 30.3 Å². The third-order valence-electron chi connectivity index (χ3n) is 6.02. The van der Waals surface area contributed by atoms with E-state index in [0.717, 1.165) is 0 Å². The van der Waals surface area contributed by atoms with Gasteiger partial charge in [0.2, 0.25) is 11.8 Å². The number of nitrogens with two attached hydrogens (primary N) is 1. The van der Waals surface area contributed by atoms with E-state index in [9.17, 15) is 32.3 Å². The predicted molar refractivity (Wildman–Crippen MR) is 129 cm³/mol. The van der Waals surface area contributed by atoms with Crippen molar-refractivity contribution in [1.82, 2.24) is 16.0 Å². The standard InChI is InChI=1S/C25H35F3N4O5/c1-2-3-9-19(24(36)37-23(35)17-10-12-30-13-11-17)31-22(34)20(15-25(26,27)28)32-21(33)18(29)14-16-7-5-4-6-8-16/h4-8,17-20,30H,2-3,9-15,29H2,1H3,(H,31,34)(H,32,33)/t18-,19?,20-/m1/s1. The highest BCUT2D eigenvalue weighted by atomic mass is 19.4. The second-order valence-corrected chi connectivity index (χ2v) is 9.14. The maximum Gasteiger partial charge on any atom is 0.391 e. The van der Waals surface area contributed by atoms with Gasteiger partial charge in [-0.15, -0.1) is 0 Å². The Bertz CT molecular complexity index is 907. The SMILES string of the molecule is CCCCC(NC(=O)[C@@H](CC(F)(F)F)NC(=O)[C@H](N)Cc1ccccc1)C(=O)OC(=O)C1CCNCC1. The van der Waals surface area contributed by atoms with Crippen LogP contribution in [0.1, 0.15) is 51.0 Å². The number of unbranched alkanes of at least 4 members (excludes halogenated alkanes) is 1. The molecule has 0 spiro atoms. The van der Waals surface area contributed by atoms with E-state index >= 15 is 0 Å². The highest BCUT2D eigenvalue weighted by Crippen LogP contribution is 2.22. The molecule has 12 heteroatoms. The van der Waals surface area contributed by atoms with Gasteiger partial charge in [-0.1, -0.05) is 50.1 Å². The number of alkyl halides is 3. The summed E-state index contributed by atoms with van der Waals surface area (Å²) in [5.74, 6) is -4.40. The molecule has 9 nitrogen and oxygen atoms in total. The lowest BCUT2D eigenvalue weighted by atomic mass is 9.98. The number of rotatable bonds is 12. The van der Waals surface area contributed by atoms with E-state index in [-0.39, 0.29) is 12.8 Å². The summed E-state index contributed by atoms with van der Waals surface area (Å²) in [7, 11) is 0. The summed E-state index contributed by atoms with van der Waals surface area (Å²) in [5.41, 5.74) is 6.56. The molecule has 1 aromatic carbocycles. The van der Waals surface area contributed by atoms with Crippen molar-refractivity contribution in [2.75, 3.05) is 13.1 Å². The number of piperidine rings is 1. The molecule has 5 N–H and O–H groups in total. The predicted octanol–water partition coefficient (Wildman–Crippen LogP) is 1.74. The van der Waals surface area contributed by atoms with Gasteiger partial charge in [0, 0.05) is 0 Å². The van der Waals surface area contributed by atoms with Crippen LogP contribution in [0.2, 0.25) is 0 Å². The van der Waals surface area contributed by atoms with Crippen LogP contribution < -0.4 is 21.7 Å². The molecule has 37 heavy (non-hydrogen) atoms. The molecule has 1 aliphatic rings. The molecule has 1 saturated heterocycles. The van der Waals surface area contributed by atoms with Crippen molar-refractivity contribution in [2.45, 2.75) is 76.2 Å². The maximum absolute atomic E-state index is 13.2. The molecule has 1 aromatic rings. The molecular formula is C25H35F3N4O5. The first-order valence-electron chi connectivity index (χ1n) is 12.4. The van der Waals surface area contributed by atoms with Crippen LogP contribution in [0.4, 0.5) is 13.2 Å². The lowest BCUT2D eigenvalue weighted by molar-refractivity contribution is -0.165. The molecule has 0 bridgehead atoms. The van der Waals surface area contributed by atoms with Crippen molar-refractivity contribution < 1.29 is 37.1 Å². The van der Waals surface area contributed by atoms with E-state index in [4.69, 9.17) is 10.5 Å². The van der Waals surface area contributed by atoms with Gasteiger partial charge in [0.1, 0.15) is 12.1 Å². The molecule has 0 saturated carbocycles. The minimum absolute atomic E-state index is 0.0529. The fourth-order valence-electron chi connectivity index (χ4n) is 3.92. The number of hydrogen-bond acceptors (Lipinski definition) is 7. The summed E-state index contributed by atoms with van der Waals surface area (Å²) in [4.78, 5) is 50.4. The number of esters is 2. The Morgan fingerprint density at radius 3 is 2.27 bits per heavy atom. The molecule has 1 fully saturated rings. The molecule has 0 aliphatic carbocycles. The average molecular weight is 529 g/mol. The van der Waals surface area contributed by atoms with Gasteiger partial charge in [-0.05, 0) is 44.3 Å². The number of hydrogen-bond donors (Lipinski definition) is 4. The summed E-state index contributed by atoms with van der Waals surface area (Å²) < 4.78 is 44.7. The molecule has 0 aromatic heterocycles. The van der Waals surface area contributed by atoms with E-state index in [1.54, 1.807) is 30.3 Å². The van der Waals surface area contributed by atoms with Crippen LogP contribution in [0.5, 0.6) is 0 Å². The quantitative estimate of drug-likeness (QED) is 0.239. The van der Waals surface area contributed by atoms with E-state index in [1.807, 2.05) is 6.92 Å². The average Bonchev–Trinajstić information content (AvgIpc) is 2.86. The Balaban J connectivity index is 2.07. The van der Waals surface area contributed by atoms with Crippen LogP contribution in [-0.4, -0.2) is 61.1 Å². The third kappa shape index (κ3) is 10.9. The Morgan fingerprint density at radius 1 is 1.05 bits per heavy atom. The molecule has 206 valence electrons. The summed E-state index contributed by atoms with van der Waals surface area (Å²) >= 11 is 0. The molecule has 1 heterocycles. The van der Waals surface area contributed by atoms with Crippen molar-refractivity contribution >= 4 is 23.8 Å². The van der Waals surface area contributed by atoms with Gasteiger partial charge in [0.25, 0.3) is 0 Å². The number of ether oxygens (including phenoxy) is 1. The summed E-state index contributed by atoms with van der Waals surface area (Å²) in [6.07, 6.45) is -4.30. The Hall–Kier alpha value is -2.99. The van der Waals surface area contributed by atoms with Crippen molar-refractivity contribution in [1.29, 1.82) is 0 Å². The van der Waals surface area contributed by atoms with Gasteiger partial charge in [0.15, 0.2) is 0 Å².